The molecule has 0 aliphatic heterocycles. The molecule has 0 heterocycles. The van der Waals surface area contributed by atoms with Crippen molar-refractivity contribution in [2.75, 3.05) is 6.61 Å². The molecule has 18 heavy (non-hydrogen) atoms. The van der Waals surface area contributed by atoms with Gasteiger partial charge in [0.1, 0.15) is 5.75 Å². The molecule has 3 heteroatoms. The van der Waals surface area contributed by atoms with E-state index in [1.165, 1.54) is 5.56 Å². The summed E-state index contributed by atoms with van der Waals surface area (Å²) < 4.78 is 5.23. The maximum absolute atomic E-state index is 11.5. The maximum atomic E-state index is 11.5. The van der Waals surface area contributed by atoms with Gasteiger partial charge in [0.2, 0.25) is 0 Å². The average molecular weight is 250 g/mol. The molecule has 0 radical (unpaired) electrons. The monoisotopic (exact) mass is 250 g/mol. The first-order valence-electron chi connectivity index (χ1n) is 6.55. The third kappa shape index (κ3) is 5.32. The van der Waals surface area contributed by atoms with Gasteiger partial charge in [0, 0.05) is 13.0 Å². The van der Waals surface area contributed by atoms with Crippen LogP contribution in [0.4, 0.5) is 0 Å². The minimum absolute atomic E-state index is 0.186. The van der Waals surface area contributed by atoms with Gasteiger partial charge in [-0.1, -0.05) is 32.4 Å². The van der Waals surface area contributed by atoms with Crippen molar-refractivity contribution in [3.63, 3.8) is 0 Å². The van der Waals surface area contributed by atoms with E-state index in [0.29, 0.717) is 18.1 Å². The van der Waals surface area contributed by atoms with Crippen LogP contribution in [0.25, 0.3) is 0 Å². The molecule has 100 valence electrons. The molecule has 0 amide bonds. The lowest BCUT2D eigenvalue weighted by molar-refractivity contribution is -0.134. The Labute approximate surface area is 109 Å². The summed E-state index contributed by atoms with van der Waals surface area (Å²) in [7, 11) is 0. The van der Waals surface area contributed by atoms with Gasteiger partial charge in [-0.25, -0.2) is 0 Å². The van der Waals surface area contributed by atoms with Gasteiger partial charge in [-0.05, 0) is 36.5 Å². The highest BCUT2D eigenvalue weighted by atomic mass is 16.5. The summed E-state index contributed by atoms with van der Waals surface area (Å²) in [5, 5.41) is 8.62. The second-order valence-electron chi connectivity index (χ2n) is 4.73. The zero-order chi connectivity index (χ0) is 13.4. The zero-order valence-corrected chi connectivity index (χ0v) is 11.2. The third-order valence-electron chi connectivity index (χ3n) is 2.82. The molecule has 0 aliphatic carbocycles. The fraction of sp³-hybridized carbons (Fsp3) is 0.533. The predicted octanol–water partition coefficient (Wildman–Crippen LogP) is 3.27. The first kappa shape index (κ1) is 14.7. The largest absolute Gasteiger partial charge is 0.427 e. The van der Waals surface area contributed by atoms with E-state index in [2.05, 4.69) is 13.8 Å². The number of aliphatic hydroxyl groups excluding tert-OH is 1. The van der Waals surface area contributed by atoms with Crippen LogP contribution in [0.1, 0.15) is 51.0 Å². The number of hydrogen-bond donors (Lipinski definition) is 1. The zero-order valence-electron chi connectivity index (χ0n) is 11.2. The predicted molar refractivity (Wildman–Crippen MR) is 71.7 cm³/mol. The molecule has 1 N–H and O–H groups in total. The van der Waals surface area contributed by atoms with Crippen LogP contribution in [-0.4, -0.2) is 17.7 Å². The van der Waals surface area contributed by atoms with E-state index in [1.807, 2.05) is 24.3 Å². The second kappa shape index (κ2) is 7.88. The molecule has 0 bridgehead atoms. The SMILES string of the molecule is CC(C)c1ccc(OC(=O)CCCCCO)cc1. The smallest absolute Gasteiger partial charge is 0.311 e. The van der Waals surface area contributed by atoms with Crippen LogP contribution in [0.2, 0.25) is 0 Å². The number of hydrogen-bond acceptors (Lipinski definition) is 3. The number of carbonyl (C=O) groups excluding carboxylic acids is 1. The van der Waals surface area contributed by atoms with Crippen molar-refractivity contribution in [1.82, 2.24) is 0 Å². The fourth-order valence-electron chi connectivity index (χ4n) is 1.66. The molecule has 0 aliphatic rings. The standard InChI is InChI=1S/C15H22O3/c1-12(2)13-7-9-14(10-8-13)18-15(17)6-4-3-5-11-16/h7-10,12,16H,3-6,11H2,1-2H3. The highest BCUT2D eigenvalue weighted by Crippen LogP contribution is 2.19. The Morgan fingerprint density at radius 3 is 2.39 bits per heavy atom. The van der Waals surface area contributed by atoms with E-state index in [0.717, 1.165) is 19.3 Å². The van der Waals surface area contributed by atoms with E-state index in [4.69, 9.17) is 9.84 Å². The van der Waals surface area contributed by atoms with Crippen molar-refractivity contribution >= 4 is 5.97 Å². The minimum Gasteiger partial charge on any atom is -0.427 e. The Hall–Kier alpha value is -1.35. The number of ether oxygens (including phenoxy) is 1. The fourth-order valence-corrected chi connectivity index (χ4v) is 1.66. The van der Waals surface area contributed by atoms with Crippen LogP contribution in [0, 0.1) is 0 Å². The number of esters is 1. The van der Waals surface area contributed by atoms with Gasteiger partial charge in [0.15, 0.2) is 0 Å². The van der Waals surface area contributed by atoms with E-state index >= 15 is 0 Å². The molecule has 1 rings (SSSR count). The number of aliphatic hydroxyl groups is 1. The molecular weight excluding hydrogens is 228 g/mol. The Morgan fingerprint density at radius 1 is 1.17 bits per heavy atom. The first-order valence-corrected chi connectivity index (χ1v) is 6.55. The van der Waals surface area contributed by atoms with Gasteiger partial charge < -0.3 is 9.84 Å². The number of rotatable bonds is 7. The lowest BCUT2D eigenvalue weighted by atomic mass is 10.0. The molecule has 3 nitrogen and oxygen atoms in total. The summed E-state index contributed by atoms with van der Waals surface area (Å²) in [5.41, 5.74) is 1.23. The topological polar surface area (TPSA) is 46.5 Å². The van der Waals surface area contributed by atoms with Crippen molar-refractivity contribution in [3.8, 4) is 5.75 Å². The molecule has 0 fully saturated rings. The maximum Gasteiger partial charge on any atom is 0.311 e. The van der Waals surface area contributed by atoms with Crippen LogP contribution >= 0.6 is 0 Å². The van der Waals surface area contributed by atoms with Gasteiger partial charge in [0.05, 0.1) is 0 Å². The molecule has 0 saturated heterocycles. The van der Waals surface area contributed by atoms with E-state index in [1.54, 1.807) is 0 Å². The van der Waals surface area contributed by atoms with Crippen molar-refractivity contribution in [2.45, 2.75) is 45.4 Å². The Morgan fingerprint density at radius 2 is 1.83 bits per heavy atom. The highest BCUT2D eigenvalue weighted by Gasteiger charge is 2.05. The van der Waals surface area contributed by atoms with E-state index in [-0.39, 0.29) is 12.6 Å². The number of benzene rings is 1. The van der Waals surface area contributed by atoms with Crippen LogP contribution < -0.4 is 4.74 Å². The van der Waals surface area contributed by atoms with Crippen molar-refractivity contribution in [1.29, 1.82) is 0 Å². The Bertz CT molecular complexity index is 355. The quantitative estimate of drug-likeness (QED) is 0.459. The molecule has 0 saturated carbocycles. The van der Waals surface area contributed by atoms with Gasteiger partial charge in [-0.15, -0.1) is 0 Å². The second-order valence-corrected chi connectivity index (χ2v) is 4.73. The van der Waals surface area contributed by atoms with Crippen LogP contribution in [0.15, 0.2) is 24.3 Å². The molecular formula is C15H22O3. The van der Waals surface area contributed by atoms with Crippen LogP contribution in [-0.2, 0) is 4.79 Å². The van der Waals surface area contributed by atoms with Crippen molar-refractivity contribution in [3.05, 3.63) is 29.8 Å². The Kier molecular flexibility index (Phi) is 6.44. The lowest BCUT2D eigenvalue weighted by Crippen LogP contribution is -2.07. The Balaban J connectivity index is 2.35. The minimum atomic E-state index is -0.203. The van der Waals surface area contributed by atoms with Gasteiger partial charge in [-0.2, -0.15) is 0 Å². The van der Waals surface area contributed by atoms with Crippen molar-refractivity contribution in [2.24, 2.45) is 0 Å². The van der Waals surface area contributed by atoms with Crippen molar-refractivity contribution < 1.29 is 14.6 Å². The molecule has 1 aromatic carbocycles. The average Bonchev–Trinajstić information content (AvgIpc) is 2.35. The van der Waals surface area contributed by atoms with Gasteiger partial charge >= 0.3 is 5.97 Å². The normalized spacial score (nSPS) is 10.7. The number of unbranched alkanes of at least 4 members (excludes halogenated alkanes) is 2. The molecule has 1 aromatic rings. The third-order valence-corrected chi connectivity index (χ3v) is 2.82. The molecule has 0 spiro atoms. The van der Waals surface area contributed by atoms with Crippen LogP contribution in [0.5, 0.6) is 5.75 Å². The highest BCUT2D eigenvalue weighted by molar-refractivity contribution is 5.72. The van der Waals surface area contributed by atoms with Gasteiger partial charge in [-0.3, -0.25) is 4.79 Å². The van der Waals surface area contributed by atoms with Gasteiger partial charge in [0.25, 0.3) is 0 Å². The summed E-state index contributed by atoms with van der Waals surface area (Å²) >= 11 is 0. The lowest BCUT2D eigenvalue weighted by Gasteiger charge is -2.07. The molecule has 0 atom stereocenters. The molecule has 0 unspecified atom stereocenters. The molecule has 0 aromatic heterocycles. The van der Waals surface area contributed by atoms with E-state index < -0.39 is 0 Å². The summed E-state index contributed by atoms with van der Waals surface area (Å²) in [6.07, 6.45) is 2.78. The first-order chi connectivity index (χ1) is 8.63. The van der Waals surface area contributed by atoms with Crippen LogP contribution in [0.3, 0.4) is 0 Å². The summed E-state index contributed by atoms with van der Waals surface area (Å²) in [4.78, 5) is 11.5. The summed E-state index contributed by atoms with van der Waals surface area (Å²) in [6.45, 7) is 4.44. The summed E-state index contributed by atoms with van der Waals surface area (Å²) in [6, 6.07) is 7.64. The number of carbonyl (C=O) groups is 1. The summed E-state index contributed by atoms with van der Waals surface area (Å²) in [5.74, 6) is 0.880. The van der Waals surface area contributed by atoms with E-state index in [9.17, 15) is 4.79 Å².